The van der Waals surface area contributed by atoms with Crippen molar-refractivity contribution < 1.29 is 4.74 Å². The smallest absolute Gasteiger partial charge is 0.119 e. The molecule has 0 aliphatic heterocycles. The van der Waals surface area contributed by atoms with Gasteiger partial charge in [-0.3, -0.25) is 0 Å². The molecule has 3 heteroatoms. The first kappa shape index (κ1) is 13.5. The van der Waals surface area contributed by atoms with E-state index in [1.165, 1.54) is 5.56 Å². The molecule has 90 valence electrons. The zero-order valence-electron chi connectivity index (χ0n) is 10.4. The number of nitrogens with one attached hydrogen (secondary N) is 1. The monoisotopic (exact) mass is 285 g/mol. The standard InChI is InChI=1S/C13H20BrNO/c1-5-13(2,3)15-9-10-8-11(16-4)6-7-12(10)14/h6-8,15H,5,9H2,1-4H3. The summed E-state index contributed by atoms with van der Waals surface area (Å²) >= 11 is 3.55. The van der Waals surface area contributed by atoms with Gasteiger partial charge in [-0.1, -0.05) is 22.9 Å². The number of hydrogen-bond donors (Lipinski definition) is 1. The third kappa shape index (κ3) is 3.80. The van der Waals surface area contributed by atoms with E-state index in [1.807, 2.05) is 12.1 Å². The SMILES string of the molecule is CCC(C)(C)NCc1cc(OC)ccc1Br. The molecule has 0 spiro atoms. The van der Waals surface area contributed by atoms with Crippen molar-refractivity contribution in [3.05, 3.63) is 28.2 Å². The fraction of sp³-hybridized carbons (Fsp3) is 0.538. The number of ether oxygens (including phenoxy) is 1. The number of methoxy groups -OCH3 is 1. The van der Waals surface area contributed by atoms with Crippen LogP contribution in [0.5, 0.6) is 5.75 Å². The fourth-order valence-electron chi connectivity index (χ4n) is 1.27. The maximum atomic E-state index is 5.22. The Morgan fingerprint density at radius 2 is 2.06 bits per heavy atom. The molecule has 0 radical (unpaired) electrons. The molecule has 1 aromatic carbocycles. The lowest BCUT2D eigenvalue weighted by molar-refractivity contribution is 0.373. The molecular weight excluding hydrogens is 266 g/mol. The highest BCUT2D eigenvalue weighted by molar-refractivity contribution is 9.10. The molecule has 1 aromatic rings. The van der Waals surface area contributed by atoms with Crippen molar-refractivity contribution in [3.63, 3.8) is 0 Å². The Bertz CT molecular complexity index is 350. The van der Waals surface area contributed by atoms with Crippen molar-refractivity contribution in [1.82, 2.24) is 5.32 Å². The summed E-state index contributed by atoms with van der Waals surface area (Å²) in [5.74, 6) is 0.898. The molecule has 1 N–H and O–H groups in total. The Labute approximate surface area is 107 Å². The first-order chi connectivity index (χ1) is 7.48. The molecule has 0 unspecified atom stereocenters. The van der Waals surface area contributed by atoms with E-state index in [9.17, 15) is 0 Å². The van der Waals surface area contributed by atoms with Gasteiger partial charge in [0.1, 0.15) is 5.75 Å². The number of hydrogen-bond acceptors (Lipinski definition) is 2. The minimum Gasteiger partial charge on any atom is -0.497 e. The van der Waals surface area contributed by atoms with E-state index < -0.39 is 0 Å². The summed E-state index contributed by atoms with van der Waals surface area (Å²) < 4.78 is 6.34. The molecule has 0 aliphatic carbocycles. The summed E-state index contributed by atoms with van der Waals surface area (Å²) in [4.78, 5) is 0. The van der Waals surface area contributed by atoms with E-state index in [2.05, 4.69) is 48.1 Å². The second kappa shape index (κ2) is 5.69. The van der Waals surface area contributed by atoms with Crippen LogP contribution in [-0.4, -0.2) is 12.6 Å². The van der Waals surface area contributed by atoms with Gasteiger partial charge >= 0.3 is 0 Å². The van der Waals surface area contributed by atoms with Crippen molar-refractivity contribution >= 4 is 15.9 Å². The van der Waals surface area contributed by atoms with Gasteiger partial charge in [0.2, 0.25) is 0 Å². The van der Waals surface area contributed by atoms with E-state index in [4.69, 9.17) is 4.74 Å². The number of benzene rings is 1. The molecule has 0 bridgehead atoms. The molecule has 16 heavy (non-hydrogen) atoms. The summed E-state index contributed by atoms with van der Waals surface area (Å²) in [6.45, 7) is 7.45. The molecule has 0 aliphatic rings. The van der Waals surface area contributed by atoms with E-state index in [0.717, 1.165) is 23.2 Å². The van der Waals surface area contributed by atoms with Crippen LogP contribution in [0.15, 0.2) is 22.7 Å². The first-order valence-corrected chi connectivity index (χ1v) is 6.35. The van der Waals surface area contributed by atoms with Gasteiger partial charge in [0, 0.05) is 16.6 Å². The van der Waals surface area contributed by atoms with E-state index >= 15 is 0 Å². The summed E-state index contributed by atoms with van der Waals surface area (Å²) in [5.41, 5.74) is 1.39. The molecular formula is C13H20BrNO. The second-order valence-corrected chi connectivity index (χ2v) is 5.40. The molecule has 0 fully saturated rings. The maximum Gasteiger partial charge on any atom is 0.119 e. The molecule has 2 nitrogen and oxygen atoms in total. The van der Waals surface area contributed by atoms with Crippen molar-refractivity contribution in [3.8, 4) is 5.75 Å². The van der Waals surface area contributed by atoms with E-state index in [1.54, 1.807) is 7.11 Å². The van der Waals surface area contributed by atoms with Crippen LogP contribution in [0, 0.1) is 0 Å². The topological polar surface area (TPSA) is 21.3 Å². The van der Waals surface area contributed by atoms with Crippen LogP contribution in [0.25, 0.3) is 0 Å². The predicted octanol–water partition coefficient (Wildman–Crippen LogP) is 3.74. The zero-order valence-corrected chi connectivity index (χ0v) is 12.0. The van der Waals surface area contributed by atoms with Gasteiger partial charge < -0.3 is 10.1 Å². The van der Waals surface area contributed by atoms with Crippen LogP contribution >= 0.6 is 15.9 Å². The van der Waals surface area contributed by atoms with Crippen LogP contribution in [0.4, 0.5) is 0 Å². The van der Waals surface area contributed by atoms with Gasteiger partial charge in [-0.05, 0) is 44.0 Å². The average Bonchev–Trinajstić information content (AvgIpc) is 2.28. The van der Waals surface area contributed by atoms with Crippen molar-refractivity contribution in [2.45, 2.75) is 39.3 Å². The lowest BCUT2D eigenvalue weighted by atomic mass is 10.0. The molecule has 0 heterocycles. The molecule has 0 saturated carbocycles. The minimum absolute atomic E-state index is 0.169. The van der Waals surface area contributed by atoms with E-state index in [0.29, 0.717) is 0 Å². The highest BCUT2D eigenvalue weighted by Gasteiger charge is 2.14. The van der Waals surface area contributed by atoms with Crippen LogP contribution in [0.1, 0.15) is 32.8 Å². The number of rotatable bonds is 5. The number of halogens is 1. The lowest BCUT2D eigenvalue weighted by Gasteiger charge is -2.25. The van der Waals surface area contributed by atoms with Crippen molar-refractivity contribution in [2.24, 2.45) is 0 Å². The van der Waals surface area contributed by atoms with E-state index in [-0.39, 0.29) is 5.54 Å². The lowest BCUT2D eigenvalue weighted by Crippen LogP contribution is -2.37. The van der Waals surface area contributed by atoms with Gasteiger partial charge in [-0.25, -0.2) is 0 Å². The maximum absolute atomic E-state index is 5.22. The van der Waals surface area contributed by atoms with Crippen molar-refractivity contribution in [2.75, 3.05) is 7.11 Å². The van der Waals surface area contributed by atoms with Crippen LogP contribution in [0.3, 0.4) is 0 Å². The minimum atomic E-state index is 0.169. The van der Waals surface area contributed by atoms with Gasteiger partial charge in [0.15, 0.2) is 0 Å². The molecule has 0 atom stereocenters. The summed E-state index contributed by atoms with van der Waals surface area (Å²) in [6.07, 6.45) is 1.11. The fourth-order valence-corrected chi connectivity index (χ4v) is 1.66. The second-order valence-electron chi connectivity index (χ2n) is 4.55. The van der Waals surface area contributed by atoms with Crippen LogP contribution in [-0.2, 0) is 6.54 Å². The highest BCUT2D eigenvalue weighted by atomic mass is 79.9. The summed E-state index contributed by atoms with van der Waals surface area (Å²) in [5, 5.41) is 3.53. The van der Waals surface area contributed by atoms with Gasteiger partial charge in [-0.2, -0.15) is 0 Å². The molecule has 1 rings (SSSR count). The Balaban J connectivity index is 2.73. The van der Waals surface area contributed by atoms with Gasteiger partial charge in [0.05, 0.1) is 7.11 Å². The Hall–Kier alpha value is -0.540. The first-order valence-electron chi connectivity index (χ1n) is 5.56. The highest BCUT2D eigenvalue weighted by Crippen LogP contribution is 2.23. The van der Waals surface area contributed by atoms with Crippen LogP contribution in [0.2, 0.25) is 0 Å². The zero-order chi connectivity index (χ0) is 12.2. The average molecular weight is 286 g/mol. The normalized spacial score (nSPS) is 11.6. The molecule has 0 amide bonds. The largest absolute Gasteiger partial charge is 0.497 e. The summed E-state index contributed by atoms with van der Waals surface area (Å²) in [6, 6.07) is 6.04. The quantitative estimate of drug-likeness (QED) is 0.890. The third-order valence-corrected chi connectivity index (χ3v) is 3.67. The molecule has 0 aromatic heterocycles. The third-order valence-electron chi connectivity index (χ3n) is 2.89. The summed E-state index contributed by atoms with van der Waals surface area (Å²) in [7, 11) is 1.69. The van der Waals surface area contributed by atoms with Crippen molar-refractivity contribution in [1.29, 1.82) is 0 Å². The predicted molar refractivity (Wildman–Crippen MR) is 71.9 cm³/mol. The van der Waals surface area contributed by atoms with Crippen LogP contribution < -0.4 is 10.1 Å². The Morgan fingerprint density at radius 3 is 2.62 bits per heavy atom. The Morgan fingerprint density at radius 1 is 1.38 bits per heavy atom. The van der Waals surface area contributed by atoms with Gasteiger partial charge in [0.25, 0.3) is 0 Å². The Kier molecular flexibility index (Phi) is 4.81. The molecule has 0 saturated heterocycles. The van der Waals surface area contributed by atoms with Gasteiger partial charge in [-0.15, -0.1) is 0 Å².